The van der Waals surface area contributed by atoms with Crippen molar-refractivity contribution in [3.8, 4) is 11.5 Å². The van der Waals surface area contributed by atoms with Crippen LogP contribution in [0.3, 0.4) is 0 Å². The number of methoxy groups -OCH3 is 1. The van der Waals surface area contributed by atoms with Gasteiger partial charge in [-0.05, 0) is 54.1 Å². The van der Waals surface area contributed by atoms with Crippen LogP contribution in [-0.2, 0) is 21.4 Å². The molecule has 3 aromatic carbocycles. The molecule has 0 heterocycles. The second kappa shape index (κ2) is 10.9. The van der Waals surface area contributed by atoms with Gasteiger partial charge in [0.2, 0.25) is 15.9 Å². The van der Waals surface area contributed by atoms with E-state index in [1.807, 2.05) is 0 Å². The van der Waals surface area contributed by atoms with Gasteiger partial charge < -0.3 is 14.8 Å². The third-order valence-electron chi connectivity index (χ3n) is 4.58. The van der Waals surface area contributed by atoms with Crippen LogP contribution in [0.15, 0.2) is 83.8 Å². The van der Waals surface area contributed by atoms with Gasteiger partial charge in [-0.3, -0.25) is 4.79 Å². The average Bonchev–Trinajstić information content (AvgIpc) is 2.80. The van der Waals surface area contributed by atoms with Gasteiger partial charge in [0.1, 0.15) is 11.5 Å². The molecule has 3 aromatic rings. The Balaban J connectivity index is 1.79. The van der Waals surface area contributed by atoms with E-state index in [9.17, 15) is 22.0 Å². The van der Waals surface area contributed by atoms with Crippen molar-refractivity contribution in [3.63, 3.8) is 0 Å². The first-order valence-corrected chi connectivity index (χ1v) is 11.2. The number of anilines is 1. The number of hydrogen-bond acceptors (Lipinski definition) is 5. The molecule has 10 heteroatoms. The molecule has 0 radical (unpaired) electrons. The summed E-state index contributed by atoms with van der Waals surface area (Å²) in [7, 11) is -2.54. The Morgan fingerprint density at radius 2 is 1.55 bits per heavy atom. The molecule has 1 N–H and O–H groups in total. The molecule has 0 aliphatic heterocycles. The van der Waals surface area contributed by atoms with Crippen molar-refractivity contribution in [2.45, 2.75) is 18.1 Å². The number of carbonyl (C=O) groups is 1. The van der Waals surface area contributed by atoms with Crippen LogP contribution >= 0.6 is 0 Å². The maximum absolute atomic E-state index is 13.3. The molecule has 0 fully saturated rings. The molecular weight excluding hydrogens is 454 g/mol. The summed E-state index contributed by atoms with van der Waals surface area (Å²) in [6, 6.07) is 20.1. The first-order valence-electron chi connectivity index (χ1n) is 9.81. The highest BCUT2D eigenvalue weighted by Gasteiger charge is 2.27. The predicted octanol–water partition coefficient (Wildman–Crippen LogP) is 4.13. The van der Waals surface area contributed by atoms with Crippen LogP contribution < -0.4 is 14.8 Å². The Bertz CT molecular complexity index is 1160. The number of nitrogens with zero attached hydrogens (tertiary/aromatic N) is 1. The number of alkyl halides is 2. The lowest BCUT2D eigenvalue weighted by Crippen LogP contribution is -2.37. The fourth-order valence-corrected chi connectivity index (χ4v) is 4.37. The molecule has 0 saturated carbocycles. The van der Waals surface area contributed by atoms with Crippen molar-refractivity contribution >= 4 is 21.6 Å². The molecule has 1 amide bonds. The zero-order valence-electron chi connectivity index (χ0n) is 17.6. The normalized spacial score (nSPS) is 11.4. The second-order valence-corrected chi connectivity index (χ2v) is 8.82. The molecule has 0 aliphatic carbocycles. The summed E-state index contributed by atoms with van der Waals surface area (Å²) in [6.45, 7) is -3.44. The molecule has 0 unspecified atom stereocenters. The minimum atomic E-state index is -4.02. The van der Waals surface area contributed by atoms with Gasteiger partial charge in [-0.1, -0.05) is 30.3 Å². The topological polar surface area (TPSA) is 84.9 Å². The van der Waals surface area contributed by atoms with E-state index in [4.69, 9.17) is 4.74 Å². The number of nitrogens with one attached hydrogen (secondary N) is 1. The smallest absolute Gasteiger partial charge is 0.387 e. The van der Waals surface area contributed by atoms with Gasteiger partial charge >= 0.3 is 6.61 Å². The first kappa shape index (κ1) is 24.1. The number of halogens is 2. The number of benzene rings is 3. The number of rotatable bonds is 10. The van der Waals surface area contributed by atoms with E-state index in [2.05, 4.69) is 10.1 Å². The highest BCUT2D eigenvalue weighted by molar-refractivity contribution is 7.89. The number of carbonyl (C=O) groups excluding carboxylic acids is 1. The average molecular weight is 477 g/mol. The van der Waals surface area contributed by atoms with Gasteiger partial charge in [-0.25, -0.2) is 8.42 Å². The molecule has 0 bridgehead atoms. The van der Waals surface area contributed by atoms with Gasteiger partial charge in [0.25, 0.3) is 0 Å². The fourth-order valence-electron chi connectivity index (χ4n) is 2.99. The summed E-state index contributed by atoms with van der Waals surface area (Å²) in [4.78, 5) is 12.7. The molecule has 3 rings (SSSR count). The molecule has 7 nitrogen and oxygen atoms in total. The van der Waals surface area contributed by atoms with E-state index >= 15 is 0 Å². The van der Waals surface area contributed by atoms with Crippen LogP contribution in [0.2, 0.25) is 0 Å². The Kier molecular flexibility index (Phi) is 7.96. The minimum Gasteiger partial charge on any atom is -0.497 e. The van der Waals surface area contributed by atoms with Crippen molar-refractivity contribution < 1.29 is 31.5 Å². The predicted molar refractivity (Wildman–Crippen MR) is 119 cm³/mol. The number of amides is 1. The summed E-state index contributed by atoms with van der Waals surface area (Å²) >= 11 is 0. The Morgan fingerprint density at radius 3 is 2.12 bits per heavy atom. The van der Waals surface area contributed by atoms with E-state index in [0.717, 1.165) is 4.31 Å². The first-order chi connectivity index (χ1) is 15.8. The van der Waals surface area contributed by atoms with E-state index in [0.29, 0.717) is 17.0 Å². The van der Waals surface area contributed by atoms with Crippen LogP contribution in [0.25, 0.3) is 0 Å². The maximum Gasteiger partial charge on any atom is 0.387 e. The Labute approximate surface area is 190 Å². The third-order valence-corrected chi connectivity index (χ3v) is 6.39. The van der Waals surface area contributed by atoms with Crippen molar-refractivity contribution in [3.05, 3.63) is 84.4 Å². The van der Waals surface area contributed by atoms with E-state index in [1.165, 1.54) is 55.6 Å². The van der Waals surface area contributed by atoms with Gasteiger partial charge in [0.15, 0.2) is 0 Å². The van der Waals surface area contributed by atoms with Gasteiger partial charge in [0, 0.05) is 12.2 Å². The summed E-state index contributed by atoms with van der Waals surface area (Å²) in [6.07, 6.45) is 0. The molecule has 33 heavy (non-hydrogen) atoms. The largest absolute Gasteiger partial charge is 0.497 e. The van der Waals surface area contributed by atoms with Crippen LogP contribution in [0.1, 0.15) is 5.56 Å². The molecule has 0 aliphatic rings. The lowest BCUT2D eigenvalue weighted by Gasteiger charge is -2.22. The fraction of sp³-hybridized carbons (Fsp3) is 0.174. The SMILES string of the molecule is COc1ccc(S(=O)(=O)N(CC(=O)Nc2ccc(OC(F)F)cc2)Cc2ccccc2)cc1. The number of sulfonamides is 1. The van der Waals surface area contributed by atoms with Crippen molar-refractivity contribution in [1.29, 1.82) is 0 Å². The monoisotopic (exact) mass is 476 g/mol. The lowest BCUT2D eigenvalue weighted by molar-refractivity contribution is -0.116. The maximum atomic E-state index is 13.3. The lowest BCUT2D eigenvalue weighted by atomic mass is 10.2. The standard InChI is InChI=1S/C23H22F2N2O5S/c1-31-19-11-13-21(14-12-19)33(29,30)27(15-17-5-3-2-4-6-17)16-22(28)26-18-7-9-20(10-8-18)32-23(24)25/h2-14,23H,15-16H2,1H3,(H,26,28). The summed E-state index contributed by atoms with van der Waals surface area (Å²) in [5, 5.41) is 2.57. The molecule has 174 valence electrons. The van der Waals surface area contributed by atoms with Crippen LogP contribution in [-0.4, -0.2) is 38.9 Å². The van der Waals surface area contributed by atoms with Crippen LogP contribution in [0.5, 0.6) is 11.5 Å². The minimum absolute atomic E-state index is 0.0144. The molecule has 0 atom stereocenters. The highest BCUT2D eigenvalue weighted by atomic mass is 32.2. The van der Waals surface area contributed by atoms with Crippen LogP contribution in [0.4, 0.5) is 14.5 Å². The third kappa shape index (κ3) is 6.74. The number of hydrogen-bond donors (Lipinski definition) is 1. The zero-order chi connectivity index (χ0) is 23.8. The van der Waals surface area contributed by atoms with E-state index in [1.54, 1.807) is 30.3 Å². The summed E-state index contributed by atoms with van der Waals surface area (Å²) < 4.78 is 61.6. The van der Waals surface area contributed by atoms with Gasteiger partial charge in [-0.2, -0.15) is 13.1 Å². The van der Waals surface area contributed by atoms with Crippen molar-refractivity contribution in [2.24, 2.45) is 0 Å². The quantitative estimate of drug-likeness (QED) is 0.476. The summed E-state index contributed by atoms with van der Waals surface area (Å²) in [5.74, 6) is -0.151. The van der Waals surface area contributed by atoms with E-state index in [-0.39, 0.29) is 17.2 Å². The zero-order valence-corrected chi connectivity index (χ0v) is 18.5. The second-order valence-electron chi connectivity index (χ2n) is 6.89. The Hall–Kier alpha value is -3.50. The molecule has 0 aromatic heterocycles. The molecular formula is C23H22F2N2O5S. The van der Waals surface area contributed by atoms with Crippen molar-refractivity contribution in [1.82, 2.24) is 4.31 Å². The summed E-state index contributed by atoms with van der Waals surface area (Å²) in [5.41, 5.74) is 1.01. The highest BCUT2D eigenvalue weighted by Crippen LogP contribution is 2.22. The Morgan fingerprint density at radius 1 is 0.939 bits per heavy atom. The molecule has 0 saturated heterocycles. The number of ether oxygens (including phenoxy) is 2. The van der Waals surface area contributed by atoms with Crippen LogP contribution in [0, 0.1) is 0 Å². The van der Waals surface area contributed by atoms with Gasteiger partial charge in [0.05, 0.1) is 18.6 Å². The van der Waals surface area contributed by atoms with Gasteiger partial charge in [-0.15, -0.1) is 0 Å². The van der Waals surface area contributed by atoms with E-state index < -0.39 is 29.1 Å². The molecule has 0 spiro atoms. The van der Waals surface area contributed by atoms with Crippen molar-refractivity contribution in [2.75, 3.05) is 19.0 Å².